The number of amides is 1. The van der Waals surface area contributed by atoms with Gasteiger partial charge in [0, 0.05) is 6.54 Å². The maximum Gasteiger partial charge on any atom is 0.233 e. The molecule has 0 bridgehead atoms. The van der Waals surface area contributed by atoms with Gasteiger partial charge in [-0.2, -0.15) is 0 Å². The smallest absolute Gasteiger partial charge is 0.233 e. The molecule has 0 aliphatic heterocycles. The van der Waals surface area contributed by atoms with Crippen molar-refractivity contribution in [3.05, 3.63) is 35.6 Å². The number of carbonyl (C=O) groups is 1. The van der Waals surface area contributed by atoms with Gasteiger partial charge in [0.05, 0.1) is 6.54 Å². The lowest BCUT2D eigenvalue weighted by molar-refractivity contribution is -0.120. The molecule has 2 N–H and O–H groups in total. The number of hydrogen-bond donors (Lipinski definition) is 2. The summed E-state index contributed by atoms with van der Waals surface area (Å²) in [6, 6.07) is 6.42. The highest BCUT2D eigenvalue weighted by molar-refractivity contribution is 5.77. The summed E-state index contributed by atoms with van der Waals surface area (Å²) >= 11 is 0. The molecule has 0 saturated heterocycles. The summed E-state index contributed by atoms with van der Waals surface area (Å²) in [5, 5.41) is 5.90. The SMILES string of the molecule is CC(C)CNC(=O)CNCCc1ccc(F)cc1. The second-order valence-corrected chi connectivity index (χ2v) is 4.75. The van der Waals surface area contributed by atoms with E-state index in [1.54, 1.807) is 12.1 Å². The van der Waals surface area contributed by atoms with Crippen LogP contribution in [0.15, 0.2) is 24.3 Å². The maximum absolute atomic E-state index is 12.7. The predicted octanol–water partition coefficient (Wildman–Crippen LogP) is 1.73. The van der Waals surface area contributed by atoms with Gasteiger partial charge in [-0.3, -0.25) is 4.79 Å². The van der Waals surface area contributed by atoms with Crippen LogP contribution in [0.2, 0.25) is 0 Å². The van der Waals surface area contributed by atoms with Crippen LogP contribution in [0.4, 0.5) is 4.39 Å². The van der Waals surface area contributed by atoms with Crippen molar-refractivity contribution in [2.24, 2.45) is 5.92 Å². The molecule has 18 heavy (non-hydrogen) atoms. The summed E-state index contributed by atoms with van der Waals surface area (Å²) in [5.41, 5.74) is 1.06. The zero-order valence-corrected chi connectivity index (χ0v) is 11.0. The van der Waals surface area contributed by atoms with Crippen LogP contribution >= 0.6 is 0 Å². The number of hydrogen-bond acceptors (Lipinski definition) is 2. The van der Waals surface area contributed by atoms with Gasteiger partial charge in [0.2, 0.25) is 5.91 Å². The van der Waals surface area contributed by atoms with E-state index in [1.165, 1.54) is 12.1 Å². The Kier molecular flexibility index (Phi) is 6.36. The van der Waals surface area contributed by atoms with Gasteiger partial charge in [0.1, 0.15) is 5.82 Å². The molecule has 1 aromatic rings. The summed E-state index contributed by atoms with van der Waals surface area (Å²) in [4.78, 5) is 11.4. The fraction of sp³-hybridized carbons (Fsp3) is 0.500. The number of nitrogens with one attached hydrogen (secondary N) is 2. The van der Waals surface area contributed by atoms with Gasteiger partial charge in [0.15, 0.2) is 0 Å². The Morgan fingerprint density at radius 1 is 1.28 bits per heavy atom. The van der Waals surface area contributed by atoms with Crippen molar-refractivity contribution in [3.8, 4) is 0 Å². The summed E-state index contributed by atoms with van der Waals surface area (Å²) in [5.74, 6) is 0.260. The van der Waals surface area contributed by atoms with E-state index in [9.17, 15) is 9.18 Å². The summed E-state index contributed by atoms with van der Waals surface area (Å²) in [7, 11) is 0. The van der Waals surface area contributed by atoms with E-state index in [-0.39, 0.29) is 11.7 Å². The highest BCUT2D eigenvalue weighted by Gasteiger charge is 2.01. The minimum atomic E-state index is -0.222. The summed E-state index contributed by atoms with van der Waals surface area (Å²) in [6.45, 7) is 5.86. The van der Waals surface area contributed by atoms with Gasteiger partial charge in [-0.25, -0.2) is 4.39 Å². The van der Waals surface area contributed by atoms with Crippen molar-refractivity contribution in [2.75, 3.05) is 19.6 Å². The molecule has 1 aromatic carbocycles. The van der Waals surface area contributed by atoms with Gasteiger partial charge in [0.25, 0.3) is 0 Å². The van der Waals surface area contributed by atoms with Crippen LogP contribution in [0.5, 0.6) is 0 Å². The molecule has 0 aliphatic rings. The first-order valence-corrected chi connectivity index (χ1v) is 6.30. The molecule has 100 valence electrons. The second-order valence-electron chi connectivity index (χ2n) is 4.75. The zero-order chi connectivity index (χ0) is 13.4. The summed E-state index contributed by atoms with van der Waals surface area (Å²) in [6.07, 6.45) is 0.789. The van der Waals surface area contributed by atoms with E-state index < -0.39 is 0 Å². The Bertz CT molecular complexity index is 363. The first kappa shape index (κ1) is 14.6. The molecule has 3 nitrogen and oxygen atoms in total. The number of rotatable bonds is 7. The van der Waals surface area contributed by atoms with Crippen LogP contribution in [0.3, 0.4) is 0 Å². The average molecular weight is 252 g/mol. The van der Waals surface area contributed by atoms with Crippen LogP contribution in [0.1, 0.15) is 19.4 Å². The molecule has 0 radical (unpaired) electrons. The fourth-order valence-electron chi connectivity index (χ4n) is 1.47. The molecule has 0 atom stereocenters. The van der Waals surface area contributed by atoms with Gasteiger partial charge < -0.3 is 10.6 Å². The number of halogens is 1. The van der Waals surface area contributed by atoms with Crippen molar-refractivity contribution < 1.29 is 9.18 Å². The van der Waals surface area contributed by atoms with Crippen molar-refractivity contribution >= 4 is 5.91 Å². The van der Waals surface area contributed by atoms with Crippen molar-refractivity contribution in [2.45, 2.75) is 20.3 Å². The Morgan fingerprint density at radius 3 is 2.56 bits per heavy atom. The van der Waals surface area contributed by atoms with Crippen LogP contribution in [-0.2, 0) is 11.2 Å². The van der Waals surface area contributed by atoms with E-state index in [4.69, 9.17) is 0 Å². The monoisotopic (exact) mass is 252 g/mol. The van der Waals surface area contributed by atoms with E-state index in [1.807, 2.05) is 0 Å². The van der Waals surface area contributed by atoms with Gasteiger partial charge >= 0.3 is 0 Å². The van der Waals surface area contributed by atoms with Crippen LogP contribution in [-0.4, -0.2) is 25.5 Å². The lowest BCUT2D eigenvalue weighted by Crippen LogP contribution is -2.36. The molecule has 0 fully saturated rings. The zero-order valence-electron chi connectivity index (χ0n) is 11.0. The lowest BCUT2D eigenvalue weighted by Gasteiger charge is -2.08. The van der Waals surface area contributed by atoms with Crippen LogP contribution in [0, 0.1) is 11.7 Å². The quantitative estimate of drug-likeness (QED) is 0.726. The first-order chi connectivity index (χ1) is 8.58. The molecule has 4 heteroatoms. The predicted molar refractivity (Wildman–Crippen MR) is 70.8 cm³/mol. The van der Waals surface area contributed by atoms with Crippen LogP contribution in [0.25, 0.3) is 0 Å². The molecular formula is C14H21FN2O. The topological polar surface area (TPSA) is 41.1 Å². The van der Waals surface area contributed by atoms with Gasteiger partial charge in [-0.05, 0) is 36.6 Å². The molecular weight excluding hydrogens is 231 g/mol. The highest BCUT2D eigenvalue weighted by atomic mass is 19.1. The second kappa shape index (κ2) is 7.82. The molecule has 0 unspecified atom stereocenters. The largest absolute Gasteiger partial charge is 0.355 e. The number of carbonyl (C=O) groups excluding carboxylic acids is 1. The Morgan fingerprint density at radius 2 is 1.94 bits per heavy atom. The molecule has 0 aromatic heterocycles. The van der Waals surface area contributed by atoms with Crippen LogP contribution < -0.4 is 10.6 Å². The van der Waals surface area contributed by atoms with Gasteiger partial charge in [-0.1, -0.05) is 26.0 Å². The van der Waals surface area contributed by atoms with E-state index in [2.05, 4.69) is 24.5 Å². The Labute approximate surface area is 108 Å². The third kappa shape index (κ3) is 6.35. The fourth-order valence-corrected chi connectivity index (χ4v) is 1.47. The number of benzene rings is 1. The van der Waals surface area contributed by atoms with Gasteiger partial charge in [-0.15, -0.1) is 0 Å². The summed E-state index contributed by atoms with van der Waals surface area (Å²) < 4.78 is 12.7. The van der Waals surface area contributed by atoms with E-state index in [0.29, 0.717) is 25.6 Å². The molecule has 0 aliphatic carbocycles. The van der Waals surface area contributed by atoms with Crippen molar-refractivity contribution in [1.82, 2.24) is 10.6 Å². The van der Waals surface area contributed by atoms with E-state index >= 15 is 0 Å². The third-order valence-corrected chi connectivity index (χ3v) is 2.50. The minimum Gasteiger partial charge on any atom is -0.355 e. The molecule has 1 amide bonds. The van der Waals surface area contributed by atoms with Crippen molar-refractivity contribution in [1.29, 1.82) is 0 Å². The normalized spacial score (nSPS) is 10.7. The lowest BCUT2D eigenvalue weighted by atomic mass is 10.1. The highest BCUT2D eigenvalue weighted by Crippen LogP contribution is 2.02. The molecule has 0 saturated carbocycles. The first-order valence-electron chi connectivity index (χ1n) is 6.30. The van der Waals surface area contributed by atoms with E-state index in [0.717, 1.165) is 12.0 Å². The Balaban J connectivity index is 2.11. The molecule has 0 heterocycles. The van der Waals surface area contributed by atoms with Crippen molar-refractivity contribution in [3.63, 3.8) is 0 Å². The Hall–Kier alpha value is -1.42. The maximum atomic E-state index is 12.7. The third-order valence-electron chi connectivity index (χ3n) is 2.50. The minimum absolute atomic E-state index is 0.0165. The molecule has 1 rings (SSSR count). The standard InChI is InChI=1S/C14H21FN2O/c1-11(2)9-17-14(18)10-16-8-7-12-3-5-13(15)6-4-12/h3-6,11,16H,7-10H2,1-2H3,(H,17,18). The average Bonchev–Trinajstić information content (AvgIpc) is 2.34. The molecule has 0 spiro atoms.